The molecule has 2 rings (SSSR count). The second kappa shape index (κ2) is 6.90. The molecule has 110 valence electrons. The molecule has 0 saturated heterocycles. The Labute approximate surface area is 126 Å². The summed E-state index contributed by atoms with van der Waals surface area (Å²) in [4.78, 5) is 15.7. The van der Waals surface area contributed by atoms with Crippen LogP contribution in [-0.2, 0) is 6.54 Å². The average molecular weight is 310 g/mol. The van der Waals surface area contributed by atoms with Gasteiger partial charge in [0.1, 0.15) is 5.82 Å². The van der Waals surface area contributed by atoms with Gasteiger partial charge in [-0.05, 0) is 29.8 Å². The molecule has 0 fully saturated rings. The quantitative estimate of drug-likeness (QED) is 0.911. The lowest BCUT2D eigenvalue weighted by atomic mass is 10.2. The molecule has 1 aromatic heterocycles. The molecule has 2 aromatic rings. The van der Waals surface area contributed by atoms with Gasteiger partial charge in [0.05, 0.1) is 17.8 Å². The Kier molecular flexibility index (Phi) is 4.94. The first-order valence-electron chi connectivity index (χ1n) is 6.07. The van der Waals surface area contributed by atoms with E-state index < -0.39 is 11.8 Å². The summed E-state index contributed by atoms with van der Waals surface area (Å²) >= 11 is 5.82. The molecule has 0 unspecified atom stereocenters. The second-order valence-corrected chi connectivity index (χ2v) is 4.55. The first-order chi connectivity index (χ1) is 10.1. The van der Waals surface area contributed by atoms with Crippen LogP contribution in [0.25, 0.3) is 0 Å². The lowest BCUT2D eigenvalue weighted by Crippen LogP contribution is -2.28. The van der Waals surface area contributed by atoms with Crippen molar-refractivity contribution in [3.8, 4) is 5.88 Å². The van der Waals surface area contributed by atoms with Crippen molar-refractivity contribution in [3.63, 3.8) is 0 Å². The molecular formula is C14H13ClFN3O2. The zero-order valence-electron chi connectivity index (χ0n) is 11.2. The Morgan fingerprint density at radius 2 is 2.19 bits per heavy atom. The summed E-state index contributed by atoms with van der Waals surface area (Å²) in [5, 5.41) is 5.33. The van der Waals surface area contributed by atoms with Crippen molar-refractivity contribution in [2.75, 3.05) is 12.4 Å². The van der Waals surface area contributed by atoms with Gasteiger partial charge in [-0.3, -0.25) is 0 Å². The van der Waals surface area contributed by atoms with E-state index in [-0.39, 0.29) is 5.02 Å². The normalized spacial score (nSPS) is 10.0. The number of ether oxygens (including phenoxy) is 1. The fraction of sp³-hybridized carbons (Fsp3) is 0.143. The minimum absolute atomic E-state index is 0.135. The highest BCUT2D eigenvalue weighted by atomic mass is 35.5. The van der Waals surface area contributed by atoms with Gasteiger partial charge in [-0.15, -0.1) is 0 Å². The van der Waals surface area contributed by atoms with Crippen molar-refractivity contribution in [1.29, 1.82) is 0 Å². The van der Waals surface area contributed by atoms with Crippen LogP contribution in [0.15, 0.2) is 36.5 Å². The number of hydrogen-bond donors (Lipinski definition) is 2. The van der Waals surface area contributed by atoms with E-state index in [2.05, 4.69) is 15.6 Å². The maximum Gasteiger partial charge on any atom is 0.319 e. The second-order valence-electron chi connectivity index (χ2n) is 4.14. The van der Waals surface area contributed by atoms with Crippen molar-refractivity contribution in [2.45, 2.75) is 6.54 Å². The number of carbonyl (C=O) groups is 1. The van der Waals surface area contributed by atoms with Gasteiger partial charge in [0.25, 0.3) is 0 Å². The third-order valence-corrected chi connectivity index (χ3v) is 2.95. The molecule has 0 atom stereocenters. The molecule has 0 saturated carbocycles. The lowest BCUT2D eigenvalue weighted by Gasteiger charge is -2.09. The molecule has 1 heterocycles. The number of amides is 2. The summed E-state index contributed by atoms with van der Waals surface area (Å²) in [5.74, 6) is 0.00567. The predicted octanol–water partition coefficient (Wildman–Crippen LogP) is 3.20. The first kappa shape index (κ1) is 15.1. The highest BCUT2D eigenvalue weighted by molar-refractivity contribution is 6.33. The van der Waals surface area contributed by atoms with Crippen LogP contribution in [-0.4, -0.2) is 18.1 Å². The topological polar surface area (TPSA) is 63.2 Å². The van der Waals surface area contributed by atoms with Crippen molar-refractivity contribution in [1.82, 2.24) is 10.3 Å². The van der Waals surface area contributed by atoms with Gasteiger partial charge < -0.3 is 15.4 Å². The van der Waals surface area contributed by atoms with Crippen LogP contribution in [0.4, 0.5) is 14.9 Å². The smallest absolute Gasteiger partial charge is 0.319 e. The molecule has 0 aliphatic heterocycles. The molecule has 0 aliphatic carbocycles. The Bertz CT molecular complexity index is 652. The molecule has 0 spiro atoms. The summed E-state index contributed by atoms with van der Waals surface area (Å²) in [7, 11) is 1.52. The number of urea groups is 1. The average Bonchev–Trinajstić information content (AvgIpc) is 2.48. The number of nitrogens with zero attached hydrogens (tertiary/aromatic N) is 1. The molecule has 21 heavy (non-hydrogen) atoms. The van der Waals surface area contributed by atoms with Crippen LogP contribution in [0.3, 0.4) is 0 Å². The van der Waals surface area contributed by atoms with Crippen molar-refractivity contribution >= 4 is 23.3 Å². The van der Waals surface area contributed by atoms with Crippen LogP contribution >= 0.6 is 11.6 Å². The third kappa shape index (κ3) is 4.32. The van der Waals surface area contributed by atoms with Crippen LogP contribution in [0.1, 0.15) is 5.56 Å². The number of benzene rings is 1. The van der Waals surface area contributed by atoms with Crippen LogP contribution in [0.2, 0.25) is 5.02 Å². The molecule has 1 aromatic carbocycles. The summed E-state index contributed by atoms with van der Waals surface area (Å²) in [6, 6.07) is 6.77. The van der Waals surface area contributed by atoms with E-state index in [1.54, 1.807) is 18.3 Å². The van der Waals surface area contributed by atoms with Gasteiger partial charge in [0.15, 0.2) is 0 Å². The van der Waals surface area contributed by atoms with Gasteiger partial charge in [-0.25, -0.2) is 14.2 Å². The largest absolute Gasteiger partial charge is 0.481 e. The van der Waals surface area contributed by atoms with E-state index in [0.717, 1.165) is 11.6 Å². The molecule has 0 aliphatic rings. The van der Waals surface area contributed by atoms with Crippen molar-refractivity contribution in [3.05, 3.63) is 52.9 Å². The number of anilines is 1. The molecular weight excluding hydrogens is 297 g/mol. The molecule has 2 amide bonds. The van der Waals surface area contributed by atoms with E-state index in [4.69, 9.17) is 16.3 Å². The monoisotopic (exact) mass is 309 g/mol. The van der Waals surface area contributed by atoms with Gasteiger partial charge in [-0.2, -0.15) is 0 Å². The number of carbonyl (C=O) groups excluding carboxylic acids is 1. The lowest BCUT2D eigenvalue weighted by molar-refractivity contribution is 0.251. The minimum atomic E-state index is -0.463. The Morgan fingerprint density at radius 1 is 1.38 bits per heavy atom. The van der Waals surface area contributed by atoms with E-state index in [0.29, 0.717) is 18.1 Å². The standard InChI is InChI=1S/C14H13ClFN3O2/c1-21-13-6-9(4-5-17-13)8-18-14(20)19-12-3-2-10(16)7-11(12)15/h2-7H,8H2,1H3,(H2,18,19,20). The molecule has 7 heteroatoms. The molecule has 0 radical (unpaired) electrons. The zero-order chi connectivity index (χ0) is 15.2. The third-order valence-electron chi connectivity index (χ3n) is 2.64. The Morgan fingerprint density at radius 3 is 2.90 bits per heavy atom. The molecule has 0 bridgehead atoms. The van der Waals surface area contributed by atoms with Crippen molar-refractivity contribution in [2.24, 2.45) is 0 Å². The van der Waals surface area contributed by atoms with Crippen LogP contribution in [0.5, 0.6) is 5.88 Å². The fourth-order valence-electron chi connectivity index (χ4n) is 1.61. The predicted molar refractivity (Wildman–Crippen MR) is 78.1 cm³/mol. The maximum atomic E-state index is 12.9. The number of methoxy groups -OCH3 is 1. The maximum absolute atomic E-state index is 12.9. The molecule has 5 nitrogen and oxygen atoms in total. The number of aromatic nitrogens is 1. The SMILES string of the molecule is COc1cc(CNC(=O)Nc2ccc(F)cc2Cl)ccn1. The van der Waals surface area contributed by atoms with Crippen molar-refractivity contribution < 1.29 is 13.9 Å². The number of halogens is 2. The number of pyridine rings is 1. The summed E-state index contributed by atoms with van der Waals surface area (Å²) in [5.41, 5.74) is 1.17. The van der Waals surface area contributed by atoms with Gasteiger partial charge in [0, 0.05) is 18.8 Å². The summed E-state index contributed by atoms with van der Waals surface area (Å²) < 4.78 is 17.9. The van der Waals surface area contributed by atoms with E-state index >= 15 is 0 Å². The molecule has 2 N–H and O–H groups in total. The highest BCUT2D eigenvalue weighted by Gasteiger charge is 2.06. The number of hydrogen-bond acceptors (Lipinski definition) is 3. The van der Waals surface area contributed by atoms with E-state index in [1.807, 2.05) is 0 Å². The minimum Gasteiger partial charge on any atom is -0.481 e. The first-order valence-corrected chi connectivity index (χ1v) is 6.45. The Balaban J connectivity index is 1.92. The van der Waals surface area contributed by atoms with E-state index in [9.17, 15) is 9.18 Å². The Hall–Kier alpha value is -2.34. The van der Waals surface area contributed by atoms with Crippen LogP contribution < -0.4 is 15.4 Å². The van der Waals surface area contributed by atoms with Crippen LogP contribution in [0, 0.1) is 5.82 Å². The van der Waals surface area contributed by atoms with Gasteiger partial charge >= 0.3 is 6.03 Å². The fourth-order valence-corrected chi connectivity index (χ4v) is 1.83. The van der Waals surface area contributed by atoms with Gasteiger partial charge in [0.2, 0.25) is 5.88 Å². The highest BCUT2D eigenvalue weighted by Crippen LogP contribution is 2.22. The summed E-state index contributed by atoms with van der Waals surface area (Å²) in [6.07, 6.45) is 1.59. The number of rotatable bonds is 4. The zero-order valence-corrected chi connectivity index (χ0v) is 11.9. The van der Waals surface area contributed by atoms with E-state index in [1.165, 1.54) is 19.2 Å². The van der Waals surface area contributed by atoms with Gasteiger partial charge in [-0.1, -0.05) is 11.6 Å². The number of nitrogens with one attached hydrogen (secondary N) is 2. The summed E-state index contributed by atoms with van der Waals surface area (Å²) in [6.45, 7) is 0.295.